The molecule has 0 radical (unpaired) electrons. The van der Waals surface area contributed by atoms with Gasteiger partial charge >= 0.3 is 46.1 Å². The first kappa shape index (κ1) is 108. The number of aromatic amines is 3. The molecule has 27 atom stereocenters. The molecular weight excluding hydrogens is 2090 g/mol. The number of nitrogens with zero attached hydrogens (tertiary/aromatic N) is 17. The molecule has 9 unspecified atom stereocenters. The van der Waals surface area contributed by atoms with Gasteiger partial charge in [-0.3, -0.25) is 74.8 Å². The number of nitrogens with one attached hydrogen (secondary N) is 3. The van der Waals surface area contributed by atoms with E-state index in [1.54, 1.807) is 13.8 Å². The quantitative estimate of drug-likeness (QED) is 0.0138. The van der Waals surface area contributed by atoms with Gasteiger partial charge in [-0.05, 0) is 68.0 Å². The van der Waals surface area contributed by atoms with Crippen LogP contribution in [0.4, 0.5) is 35.3 Å². The van der Waals surface area contributed by atoms with E-state index in [4.69, 9.17) is 193 Å². The van der Waals surface area contributed by atoms with Gasteiger partial charge in [0.2, 0.25) is 17.8 Å². The van der Waals surface area contributed by atoms with Crippen molar-refractivity contribution in [3.05, 3.63) is 107 Å². The van der Waals surface area contributed by atoms with Gasteiger partial charge < -0.3 is 157 Å². The van der Waals surface area contributed by atoms with E-state index in [-0.39, 0.29) is 145 Å². The van der Waals surface area contributed by atoms with Gasteiger partial charge in [0.25, 0.3) is 16.7 Å². The molecule has 6 aliphatic rings. The molecule has 10 aromatic heterocycles. The Morgan fingerprint density at radius 3 is 1.20 bits per heavy atom. The number of rotatable bonds is 47. The molecule has 0 saturated carbocycles. The van der Waals surface area contributed by atoms with E-state index in [9.17, 15) is 53.5 Å². The Hall–Kier alpha value is -8.21. The predicted octanol–water partition coefficient (Wildman–Crippen LogP) is -2.50. The van der Waals surface area contributed by atoms with Crippen LogP contribution < -0.4 is 62.5 Å². The molecule has 143 heavy (non-hydrogen) atoms. The van der Waals surface area contributed by atoms with Crippen molar-refractivity contribution in [2.45, 2.75) is 169 Å². The molecule has 0 bridgehead atoms. The molecule has 0 spiro atoms. The average molecular weight is 2190 g/mol. The summed E-state index contributed by atoms with van der Waals surface area (Å²) < 4.78 is 169. The van der Waals surface area contributed by atoms with Gasteiger partial charge in [-0.2, -0.15) is 24.9 Å². The fourth-order valence-corrected chi connectivity index (χ4v) is 23.3. The number of aliphatic hydroxyl groups is 1. The minimum absolute atomic E-state index is 0.0160. The molecule has 784 valence electrons. The molecule has 71 heteroatoms. The minimum Gasteiger partial charge on any atom is -0.387 e. The number of phosphoric ester groups is 1. The second-order valence-corrected chi connectivity index (χ2v) is 45.3. The summed E-state index contributed by atoms with van der Waals surface area (Å²) >= 11 is 22.9. The Labute approximate surface area is 824 Å². The molecule has 6 saturated heterocycles. The van der Waals surface area contributed by atoms with E-state index in [1.807, 2.05) is 0 Å². The normalized spacial score (nSPS) is 29.0. The Morgan fingerprint density at radius 1 is 0.392 bits per heavy atom. The molecule has 21 N–H and O–H groups in total. The Bertz CT molecular complexity index is 6830. The topological polar surface area (TPSA) is 820 Å². The Balaban J connectivity index is 0.678. The number of nitrogen functional groups attached to an aromatic ring is 6. The minimum atomic E-state index is -5.82. The molecule has 0 aliphatic carbocycles. The van der Waals surface area contributed by atoms with Crippen molar-refractivity contribution >= 4 is 162 Å². The second-order valence-electron chi connectivity index (χ2n) is 32.7. The highest BCUT2D eigenvalue weighted by atomic mass is 32.5. The first-order valence-corrected chi connectivity index (χ1v) is 55.0. The number of aryl methyl sites for hydroxylation is 2. The van der Waals surface area contributed by atoms with Gasteiger partial charge in [0.15, 0.2) is 69.9 Å². The summed E-state index contributed by atoms with van der Waals surface area (Å²) in [5.74, 6) is -1.22. The van der Waals surface area contributed by atoms with Crippen LogP contribution >= 0.6 is 34.7 Å². The lowest BCUT2D eigenvalue weighted by Gasteiger charge is -2.30. The van der Waals surface area contributed by atoms with Crippen LogP contribution in [-0.2, 0) is 163 Å². The highest BCUT2D eigenvalue weighted by Gasteiger charge is 2.57. The number of phosphoric acid groups is 1. The van der Waals surface area contributed by atoms with Crippen molar-refractivity contribution in [3.8, 4) is 0 Å². The summed E-state index contributed by atoms with van der Waals surface area (Å²) in [6, 6.07) is 0. The number of nitrogens with two attached hydrogens (primary N) is 6. The number of aliphatic hydroxyl groups excluding tert-OH is 1. The molecule has 0 aromatic carbocycles. The SMILES string of the molecule is COCCOC1[C@@H](O)[C@@H](COP(O)(=S)O[C@@H]2C(OCCOC)[C@H](n3cc(C)c(N)nc3=O)O[C@@H]2COP(O)(=S)O[C@@H]2C(OCCOC)[C@H](n3cnc4c(=O)[nH]c(N)nc43)O[C@@H]2COP(=O)(O)O[C@@H]2C(OCCOC)[C@H](n3cnc4c(N)ncnc43)O[C@@H]2COP(O)(=S)O[C@@H]2C[C@H](n3cnc4c(=O)[nH]c(N)nc43)O[C@@H]2COP(O)(=S)O[C@@H]2C[C@H](n3cnc4c(=O)[nH]c(N)nc43)O[C@@H]2C)O[C@H]1n1cc(C)c(N)nc1=O. The summed E-state index contributed by atoms with van der Waals surface area (Å²) in [5, 5.41) is 11.8. The van der Waals surface area contributed by atoms with Crippen LogP contribution in [0, 0.1) is 13.8 Å². The van der Waals surface area contributed by atoms with E-state index in [2.05, 4.69) is 69.8 Å². The van der Waals surface area contributed by atoms with Crippen LogP contribution in [0.15, 0.2) is 68.0 Å². The fraction of sp³-hybridized carbons (Fsp3) is 0.611. The highest BCUT2D eigenvalue weighted by molar-refractivity contribution is 8.08. The number of aromatic nitrogens is 20. The standard InChI is InChI=1S/C72H101N26O36P5S4/c1-30-18-93(71(103)85-54(30)73)64-50(115-12-8-111-4)46(99)36(126-64)21-121-138(109,142)134-49-39(127-65(52(49)117-14-10-113-6)94-19-31(2)55(74)86-72(94)104)24-123-139(110,143)133-48-37(128-67(53(48)118-15-11-114-7)98-29-84-45-60(98)89-70(78)92-63(45)102)22-119-135(105,106)132-47-38(129-66(51(47)116-13-9-112-5)97-28-81-42-56(75)79-25-80-57(42)97)23-122-137(108,141)131-34-17-41(96-27-83-44-59(96)88-69(77)91-62(44)101)125-35(34)20-120-136(107,140)130-33-16-40(124-32(33)3)95-26-82-43-58(95)87-68(76)90-61(43)100/h18-19,25-29,32-41,46-53,64-67,99H,8-17,20-24H2,1-7H3,(H,105,106)(H,107,140)(H,108,141)(H,109,142)(H,110,143)(H2,73,85,103)(H2,74,86,104)(H2,75,79,80)(H3,76,87,90,100)(H3,77,88,91,101)(H3,78,89,92,102)/t32-,33-,34-,35-,36-,37-,38-,39-,40-,41-,46+,47+,48+,49+,50?,51?,52?,53?,64-,65-,66-,67-,136?,137?,138?,139?/m1/s1. The number of anilines is 6. The third-order valence-electron chi connectivity index (χ3n) is 23.2. The number of ether oxygens (including phenoxy) is 14. The Morgan fingerprint density at radius 2 is 0.741 bits per heavy atom. The zero-order valence-corrected chi connectivity index (χ0v) is 84.0. The van der Waals surface area contributed by atoms with Crippen molar-refractivity contribution in [1.29, 1.82) is 0 Å². The third kappa shape index (κ3) is 24.4. The lowest BCUT2D eigenvalue weighted by molar-refractivity contribution is -0.0836. The molecule has 16 rings (SSSR count). The van der Waals surface area contributed by atoms with E-state index in [1.165, 1.54) is 85.0 Å². The fourth-order valence-electron chi connectivity index (χ4n) is 16.5. The number of hydrogen-bond acceptors (Lipinski definition) is 52. The summed E-state index contributed by atoms with van der Waals surface area (Å²) in [6.07, 6.45) is -24.4. The number of methoxy groups -OCH3 is 4. The smallest absolute Gasteiger partial charge is 0.387 e. The van der Waals surface area contributed by atoms with Gasteiger partial charge in [0.1, 0.15) is 115 Å². The summed E-state index contributed by atoms with van der Waals surface area (Å²) in [5.41, 5.74) is 32.4. The average Bonchev–Trinajstić information content (AvgIpc) is 1.62. The van der Waals surface area contributed by atoms with Gasteiger partial charge in [0, 0.05) is 64.8 Å². The van der Waals surface area contributed by atoms with Crippen LogP contribution in [-0.4, -0.2) is 339 Å². The molecule has 16 heterocycles. The molecular formula is C72H101N26O36P5S4. The van der Waals surface area contributed by atoms with E-state index < -0.39 is 237 Å². The van der Waals surface area contributed by atoms with Crippen molar-refractivity contribution in [1.82, 2.24) is 97.2 Å². The lowest BCUT2D eigenvalue weighted by Crippen LogP contribution is -2.41. The highest BCUT2D eigenvalue weighted by Crippen LogP contribution is 2.58. The van der Waals surface area contributed by atoms with Crippen LogP contribution in [0.5, 0.6) is 0 Å². The van der Waals surface area contributed by atoms with Crippen molar-refractivity contribution < 1.29 is 146 Å². The zero-order valence-electron chi connectivity index (χ0n) is 76.2. The van der Waals surface area contributed by atoms with Crippen LogP contribution in [0.1, 0.15) is 68.3 Å². The predicted molar refractivity (Wildman–Crippen MR) is 504 cm³/mol. The zero-order chi connectivity index (χ0) is 102. The maximum atomic E-state index is 15.5. The largest absolute Gasteiger partial charge is 0.472 e. The number of H-pyrrole nitrogens is 3. The molecule has 62 nitrogen and oxygen atoms in total. The first-order valence-electron chi connectivity index (χ1n) is 43.1. The third-order valence-corrected chi connectivity index (χ3v) is 30.5. The van der Waals surface area contributed by atoms with Crippen LogP contribution in [0.2, 0.25) is 0 Å². The van der Waals surface area contributed by atoms with Crippen molar-refractivity contribution in [3.63, 3.8) is 0 Å². The van der Waals surface area contributed by atoms with Crippen LogP contribution in [0.3, 0.4) is 0 Å². The van der Waals surface area contributed by atoms with Gasteiger partial charge in [-0.15, -0.1) is 0 Å². The molecule has 6 fully saturated rings. The molecule has 6 aliphatic heterocycles. The van der Waals surface area contributed by atoms with Gasteiger partial charge in [-0.1, -0.05) is 0 Å². The van der Waals surface area contributed by atoms with Gasteiger partial charge in [0.05, 0.1) is 130 Å². The lowest BCUT2D eigenvalue weighted by atomic mass is 10.1. The number of imidazole rings is 4. The number of hydrogen-bond donors (Lipinski definition) is 15. The van der Waals surface area contributed by atoms with Crippen LogP contribution in [0.25, 0.3) is 44.7 Å². The second kappa shape index (κ2) is 45.1. The Kier molecular flexibility index (Phi) is 33.9. The van der Waals surface area contributed by atoms with E-state index >= 15 is 4.57 Å². The van der Waals surface area contributed by atoms with Gasteiger partial charge in [-0.25, -0.2) is 44.1 Å². The summed E-state index contributed by atoms with van der Waals surface area (Å²) in [7, 11) is -0.360. The monoisotopic (exact) mass is 2190 g/mol. The van der Waals surface area contributed by atoms with Crippen molar-refractivity contribution in [2.24, 2.45) is 0 Å². The van der Waals surface area contributed by atoms with Crippen molar-refractivity contribution in [2.75, 3.05) is 149 Å². The number of fused-ring (bicyclic) bond motifs is 4. The maximum absolute atomic E-state index is 15.5. The molecule has 10 aromatic rings. The molecule has 0 amide bonds. The van der Waals surface area contributed by atoms with E-state index in [0.29, 0.717) is 5.56 Å². The summed E-state index contributed by atoms with van der Waals surface area (Å²) in [6.45, 7) is -20.1. The first-order chi connectivity index (χ1) is 68.0. The van der Waals surface area contributed by atoms with E-state index in [0.717, 1.165) is 21.8 Å². The maximum Gasteiger partial charge on any atom is 0.472 e. The summed E-state index contributed by atoms with van der Waals surface area (Å²) in [4.78, 5) is 182.